The van der Waals surface area contributed by atoms with E-state index in [4.69, 9.17) is 0 Å². The Morgan fingerprint density at radius 2 is 1.18 bits per heavy atom. The van der Waals surface area contributed by atoms with Crippen LogP contribution in [0.2, 0.25) is 0 Å². The van der Waals surface area contributed by atoms with Crippen molar-refractivity contribution < 1.29 is 24.0 Å². The minimum Gasteiger partial charge on any atom is -1.00 e. The molecular formula is C15H32IP. The average molecular weight is 370 g/mol. The van der Waals surface area contributed by atoms with Crippen LogP contribution in [0.1, 0.15) is 59.3 Å². The van der Waals surface area contributed by atoms with Crippen LogP contribution < -0.4 is 24.0 Å². The van der Waals surface area contributed by atoms with Crippen molar-refractivity contribution in [2.75, 3.05) is 24.6 Å². The third-order valence-electron chi connectivity index (χ3n) is 3.47. The first kappa shape index (κ1) is 20.2. The van der Waals surface area contributed by atoms with Gasteiger partial charge in [0.15, 0.2) is 0 Å². The molecule has 2 heteroatoms. The number of unbranched alkanes of at least 4 members (excludes halogenated alkanes) is 3. The molecule has 0 saturated carbocycles. The van der Waals surface area contributed by atoms with E-state index < -0.39 is 7.26 Å². The zero-order chi connectivity index (χ0) is 12.3. The highest BCUT2D eigenvalue weighted by atomic mass is 127. The lowest BCUT2D eigenvalue weighted by molar-refractivity contribution is -0.00000373. The van der Waals surface area contributed by atoms with Crippen molar-refractivity contribution in [3.63, 3.8) is 0 Å². The van der Waals surface area contributed by atoms with Crippen molar-refractivity contribution >= 4 is 7.26 Å². The number of hydrogen-bond acceptors (Lipinski definition) is 0. The largest absolute Gasteiger partial charge is 1.00 e. The molecule has 0 rings (SSSR count). The van der Waals surface area contributed by atoms with E-state index in [9.17, 15) is 0 Å². The molecule has 104 valence electrons. The Kier molecular flexibility index (Phi) is 15.9. The van der Waals surface area contributed by atoms with Crippen molar-refractivity contribution in [3.8, 4) is 0 Å². The number of halogens is 1. The van der Waals surface area contributed by atoms with Crippen LogP contribution in [0.15, 0.2) is 12.7 Å². The van der Waals surface area contributed by atoms with Gasteiger partial charge < -0.3 is 24.0 Å². The normalized spacial score (nSPS) is 11.0. The second kappa shape index (κ2) is 13.3. The van der Waals surface area contributed by atoms with Crippen LogP contribution in [0.5, 0.6) is 0 Å². The molecule has 0 aliphatic rings. The summed E-state index contributed by atoms with van der Waals surface area (Å²) in [7, 11) is -0.664. The second-order valence-electron chi connectivity index (χ2n) is 5.04. The average Bonchev–Trinajstić information content (AvgIpc) is 2.31. The number of hydrogen-bond donors (Lipinski definition) is 0. The highest BCUT2D eigenvalue weighted by Crippen LogP contribution is 2.60. The maximum Gasteiger partial charge on any atom is 0.0771 e. The lowest BCUT2D eigenvalue weighted by Crippen LogP contribution is -3.00. The van der Waals surface area contributed by atoms with E-state index in [1.165, 1.54) is 63.2 Å². The molecule has 17 heavy (non-hydrogen) atoms. The van der Waals surface area contributed by atoms with Gasteiger partial charge in [-0.15, -0.1) is 0 Å². The van der Waals surface area contributed by atoms with Crippen molar-refractivity contribution in [3.05, 3.63) is 12.7 Å². The summed E-state index contributed by atoms with van der Waals surface area (Å²) in [5.74, 6) is 0. The molecule has 0 N–H and O–H groups in total. The predicted molar refractivity (Wildman–Crippen MR) is 81.3 cm³/mol. The quantitative estimate of drug-likeness (QED) is 0.298. The second-order valence-corrected chi connectivity index (χ2v) is 9.43. The highest BCUT2D eigenvalue weighted by molar-refractivity contribution is 7.76. The van der Waals surface area contributed by atoms with Crippen LogP contribution in [-0.2, 0) is 0 Å². The molecule has 0 saturated heterocycles. The van der Waals surface area contributed by atoms with Gasteiger partial charge >= 0.3 is 0 Å². The lowest BCUT2D eigenvalue weighted by Gasteiger charge is -2.26. The van der Waals surface area contributed by atoms with E-state index in [-0.39, 0.29) is 24.0 Å². The fourth-order valence-corrected chi connectivity index (χ4v) is 7.09. The minimum absolute atomic E-state index is 0. The molecule has 0 radical (unpaired) electrons. The molecule has 0 amide bonds. The first-order valence-corrected chi connectivity index (χ1v) is 9.73. The van der Waals surface area contributed by atoms with Crippen molar-refractivity contribution in [1.29, 1.82) is 0 Å². The third-order valence-corrected chi connectivity index (χ3v) is 8.30. The molecule has 0 unspecified atom stereocenters. The van der Waals surface area contributed by atoms with E-state index in [0.29, 0.717) is 0 Å². The Balaban J connectivity index is 0. The first-order valence-electron chi connectivity index (χ1n) is 7.20. The van der Waals surface area contributed by atoms with Crippen LogP contribution in [-0.4, -0.2) is 24.6 Å². The molecule has 0 atom stereocenters. The molecule has 0 bridgehead atoms. The monoisotopic (exact) mass is 370 g/mol. The van der Waals surface area contributed by atoms with Crippen molar-refractivity contribution in [2.45, 2.75) is 59.3 Å². The maximum atomic E-state index is 4.00. The van der Waals surface area contributed by atoms with Gasteiger partial charge in [0.25, 0.3) is 0 Å². The Hall–Kier alpha value is 0.900. The van der Waals surface area contributed by atoms with Crippen LogP contribution in [0.3, 0.4) is 0 Å². The molecule has 0 fully saturated rings. The SMILES string of the molecule is C=CC[P+](CCCC)(CCCC)CCCC.[I-]. The van der Waals surface area contributed by atoms with E-state index in [1.807, 2.05) is 0 Å². The van der Waals surface area contributed by atoms with Gasteiger partial charge in [-0.05, 0) is 19.3 Å². The number of rotatable bonds is 11. The summed E-state index contributed by atoms with van der Waals surface area (Å²) in [6, 6.07) is 0. The molecule has 0 aliphatic heterocycles. The summed E-state index contributed by atoms with van der Waals surface area (Å²) in [6.07, 6.45) is 16.5. The minimum atomic E-state index is -0.664. The lowest BCUT2D eigenvalue weighted by atomic mass is 10.4. The Morgan fingerprint density at radius 1 is 0.824 bits per heavy atom. The fraction of sp³-hybridized carbons (Fsp3) is 0.867. The zero-order valence-corrected chi connectivity index (χ0v) is 15.2. The molecule has 0 nitrogen and oxygen atoms in total. The third kappa shape index (κ3) is 9.47. The van der Waals surface area contributed by atoms with E-state index >= 15 is 0 Å². The molecule has 0 aliphatic carbocycles. The summed E-state index contributed by atoms with van der Waals surface area (Å²) >= 11 is 0. The first-order chi connectivity index (χ1) is 7.74. The molecule has 0 spiro atoms. The summed E-state index contributed by atoms with van der Waals surface area (Å²) in [4.78, 5) is 0. The van der Waals surface area contributed by atoms with Gasteiger partial charge in [-0.3, -0.25) is 0 Å². The Morgan fingerprint density at radius 3 is 1.41 bits per heavy atom. The van der Waals surface area contributed by atoms with E-state index in [2.05, 4.69) is 33.4 Å². The van der Waals surface area contributed by atoms with E-state index in [1.54, 1.807) is 0 Å². The molecule has 0 heterocycles. The highest BCUT2D eigenvalue weighted by Gasteiger charge is 2.33. The van der Waals surface area contributed by atoms with Gasteiger partial charge in [0.2, 0.25) is 0 Å². The van der Waals surface area contributed by atoms with Gasteiger partial charge in [0.1, 0.15) is 0 Å². The van der Waals surface area contributed by atoms with Crippen LogP contribution in [0.25, 0.3) is 0 Å². The Labute approximate surface area is 127 Å². The maximum absolute atomic E-state index is 4.00. The molecule has 0 aromatic carbocycles. The standard InChI is InChI=1S/C15H32P.HI/c1-5-9-13-16(12-8-4,14-10-6-2)15-11-7-3;/h8H,4-7,9-15H2,1-3H3;1H/q+1;/p-1. The predicted octanol–water partition coefficient (Wildman–Crippen LogP) is 2.59. The van der Waals surface area contributed by atoms with Crippen LogP contribution in [0, 0.1) is 0 Å². The molecule has 0 aromatic heterocycles. The smallest absolute Gasteiger partial charge is 0.0771 e. The topological polar surface area (TPSA) is 0 Å². The van der Waals surface area contributed by atoms with Gasteiger partial charge in [-0.1, -0.05) is 52.7 Å². The van der Waals surface area contributed by atoms with Crippen LogP contribution >= 0.6 is 7.26 Å². The van der Waals surface area contributed by atoms with Crippen molar-refractivity contribution in [2.24, 2.45) is 0 Å². The van der Waals surface area contributed by atoms with E-state index in [0.717, 1.165) is 0 Å². The zero-order valence-electron chi connectivity index (χ0n) is 12.2. The summed E-state index contributed by atoms with van der Waals surface area (Å²) < 4.78 is 0. The number of allylic oxidation sites excluding steroid dienone is 1. The summed E-state index contributed by atoms with van der Waals surface area (Å²) in [5.41, 5.74) is 0. The van der Waals surface area contributed by atoms with Crippen LogP contribution in [0.4, 0.5) is 0 Å². The van der Waals surface area contributed by atoms with Gasteiger partial charge in [0.05, 0.1) is 24.6 Å². The molecular weight excluding hydrogens is 338 g/mol. The van der Waals surface area contributed by atoms with Gasteiger partial charge in [-0.25, -0.2) is 0 Å². The summed E-state index contributed by atoms with van der Waals surface area (Å²) in [5, 5.41) is 0. The van der Waals surface area contributed by atoms with Gasteiger partial charge in [-0.2, -0.15) is 0 Å². The Bertz CT molecular complexity index is 147. The van der Waals surface area contributed by atoms with Crippen molar-refractivity contribution in [1.82, 2.24) is 0 Å². The molecule has 0 aromatic rings. The van der Waals surface area contributed by atoms with Gasteiger partial charge in [0, 0.05) is 7.26 Å². The summed E-state index contributed by atoms with van der Waals surface area (Å²) in [6.45, 7) is 11.0. The fourth-order valence-electron chi connectivity index (χ4n) is 2.36.